The number of piperidine rings is 2. The molecule has 6 rings (SSSR count). The van der Waals surface area contributed by atoms with Crippen molar-refractivity contribution < 1.29 is 33.5 Å². The van der Waals surface area contributed by atoms with Crippen LogP contribution in [0, 0.1) is 27.7 Å². The molecule has 2 unspecified atom stereocenters. The quantitative estimate of drug-likeness (QED) is 0.366. The van der Waals surface area contributed by atoms with Gasteiger partial charge >= 0.3 is 6.16 Å². The number of benzene rings is 2. The van der Waals surface area contributed by atoms with Crippen molar-refractivity contribution in [1.82, 2.24) is 20.8 Å². The molecule has 11 nitrogen and oxygen atoms in total. The van der Waals surface area contributed by atoms with Crippen LogP contribution in [-0.2, 0) is 28.7 Å². The maximum atomic E-state index is 13.9. The first kappa shape index (κ1) is 35.8. The molecule has 4 aliphatic heterocycles. The third-order valence-electron chi connectivity index (χ3n) is 11.1. The van der Waals surface area contributed by atoms with Gasteiger partial charge < -0.3 is 29.8 Å². The molecule has 11 heteroatoms. The highest BCUT2D eigenvalue weighted by atomic mass is 16.7. The fourth-order valence-corrected chi connectivity index (χ4v) is 8.47. The second kappa shape index (κ2) is 13.9. The topological polar surface area (TPSA) is 119 Å². The molecule has 2 fully saturated rings. The maximum absolute atomic E-state index is 13.9. The van der Waals surface area contributed by atoms with Crippen LogP contribution in [0.1, 0.15) is 72.9 Å². The van der Waals surface area contributed by atoms with Crippen molar-refractivity contribution in [2.75, 3.05) is 40.4 Å². The number of hydrogen-bond donors (Lipinski definition) is 2. The van der Waals surface area contributed by atoms with Crippen molar-refractivity contribution >= 4 is 29.1 Å². The van der Waals surface area contributed by atoms with E-state index < -0.39 is 29.4 Å². The van der Waals surface area contributed by atoms with Gasteiger partial charge in [0.2, 0.25) is 0 Å². The summed E-state index contributed by atoms with van der Waals surface area (Å²) in [4.78, 5) is 52.5. The normalized spacial score (nSPS) is 21.8. The van der Waals surface area contributed by atoms with E-state index in [0.29, 0.717) is 63.0 Å². The Labute approximate surface area is 294 Å². The maximum Gasteiger partial charge on any atom is 0.509 e. The summed E-state index contributed by atoms with van der Waals surface area (Å²) in [6, 6.07) is 12.1. The average molecular weight is 687 g/mol. The van der Waals surface area contributed by atoms with Gasteiger partial charge in [-0.05, 0) is 89.5 Å². The van der Waals surface area contributed by atoms with Crippen LogP contribution in [0.3, 0.4) is 0 Å². The summed E-state index contributed by atoms with van der Waals surface area (Å²) in [7, 11) is 3.29. The molecule has 2 amide bonds. The summed E-state index contributed by atoms with van der Waals surface area (Å²) in [5, 5.41) is 10.3. The van der Waals surface area contributed by atoms with E-state index in [2.05, 4.69) is 10.6 Å². The van der Waals surface area contributed by atoms with Crippen LogP contribution in [0.5, 0.6) is 0 Å². The lowest BCUT2D eigenvalue weighted by molar-refractivity contribution is -0.151. The first-order chi connectivity index (χ1) is 23.8. The van der Waals surface area contributed by atoms with Crippen LogP contribution in [0.4, 0.5) is 4.79 Å². The van der Waals surface area contributed by atoms with E-state index in [1.54, 1.807) is 28.1 Å². The highest BCUT2D eigenvalue weighted by Gasteiger charge is 2.52. The van der Waals surface area contributed by atoms with Gasteiger partial charge in [0.15, 0.2) is 0 Å². The molecule has 0 aromatic heterocycles. The predicted molar refractivity (Wildman–Crippen MR) is 190 cm³/mol. The summed E-state index contributed by atoms with van der Waals surface area (Å²) >= 11 is 0. The van der Waals surface area contributed by atoms with Gasteiger partial charge in [-0.1, -0.05) is 47.5 Å². The molecule has 2 spiro atoms. The van der Waals surface area contributed by atoms with E-state index in [9.17, 15) is 14.4 Å². The molecule has 268 valence electrons. The van der Waals surface area contributed by atoms with Crippen molar-refractivity contribution in [3.63, 3.8) is 0 Å². The number of hydroxylamine groups is 4. The van der Waals surface area contributed by atoms with Gasteiger partial charge in [0.25, 0.3) is 11.8 Å². The van der Waals surface area contributed by atoms with E-state index in [-0.39, 0.29) is 11.8 Å². The van der Waals surface area contributed by atoms with E-state index in [4.69, 9.17) is 19.1 Å². The Morgan fingerprint density at radius 2 is 1.02 bits per heavy atom. The molecule has 2 aromatic rings. The van der Waals surface area contributed by atoms with Crippen molar-refractivity contribution in [1.29, 1.82) is 0 Å². The molecular weight excluding hydrogens is 636 g/mol. The molecule has 2 N–H and O–H groups in total. The van der Waals surface area contributed by atoms with Gasteiger partial charge in [-0.2, -0.15) is 10.1 Å². The van der Waals surface area contributed by atoms with Crippen LogP contribution >= 0.6 is 0 Å². The number of aryl methyl sites for hydroxylation is 4. The Balaban J connectivity index is 1.34. The molecule has 50 heavy (non-hydrogen) atoms. The largest absolute Gasteiger partial charge is 0.509 e. The number of nitrogens with one attached hydrogen (secondary N) is 2. The lowest BCUT2D eigenvalue weighted by Gasteiger charge is -2.42. The van der Waals surface area contributed by atoms with E-state index in [1.807, 2.05) is 74.2 Å². The summed E-state index contributed by atoms with van der Waals surface area (Å²) in [5.41, 5.74) is 6.78. The Kier molecular flexibility index (Phi) is 9.98. The van der Waals surface area contributed by atoms with Crippen molar-refractivity contribution in [3.8, 4) is 0 Å². The van der Waals surface area contributed by atoms with Gasteiger partial charge in [-0.25, -0.2) is 4.79 Å². The first-order valence-electron chi connectivity index (χ1n) is 17.6. The minimum Gasteiger partial charge on any atom is -0.427 e. The summed E-state index contributed by atoms with van der Waals surface area (Å²) in [6.45, 7) is 14.0. The highest BCUT2D eigenvalue weighted by Crippen LogP contribution is 2.45. The summed E-state index contributed by atoms with van der Waals surface area (Å²) < 4.78 is 12.2. The third-order valence-corrected chi connectivity index (χ3v) is 11.1. The number of ether oxygens (including phenoxy) is 2. The van der Waals surface area contributed by atoms with E-state index >= 15 is 0 Å². The Hall–Kier alpha value is -4.03. The lowest BCUT2D eigenvalue weighted by atomic mass is 9.78. The van der Waals surface area contributed by atoms with Crippen molar-refractivity contribution in [3.05, 3.63) is 80.9 Å². The smallest absolute Gasteiger partial charge is 0.427 e. The first-order valence-corrected chi connectivity index (χ1v) is 17.6. The van der Waals surface area contributed by atoms with Gasteiger partial charge in [0.05, 0.1) is 36.4 Å². The molecule has 2 saturated heterocycles. The monoisotopic (exact) mass is 686 g/mol. The van der Waals surface area contributed by atoms with Crippen molar-refractivity contribution in [2.24, 2.45) is 0 Å². The molecule has 0 radical (unpaired) electrons. The van der Waals surface area contributed by atoms with Crippen LogP contribution in [0.25, 0.3) is 11.1 Å². The zero-order chi connectivity index (χ0) is 36.0. The molecule has 4 aliphatic rings. The summed E-state index contributed by atoms with van der Waals surface area (Å²) in [6.07, 6.45) is -0.0582. The number of amides is 2. The number of nitrogens with zero attached hydrogens (tertiary/aromatic N) is 2. The molecule has 2 atom stereocenters. The zero-order valence-electron chi connectivity index (χ0n) is 30.5. The van der Waals surface area contributed by atoms with Crippen LogP contribution in [-0.4, -0.2) is 91.8 Å². The molecule has 0 saturated carbocycles. The molecule has 2 aromatic carbocycles. The molecule has 0 bridgehead atoms. The van der Waals surface area contributed by atoms with Gasteiger partial charge in [-0.3, -0.25) is 9.59 Å². The zero-order valence-corrected chi connectivity index (χ0v) is 30.5. The van der Waals surface area contributed by atoms with E-state index in [1.165, 1.54) is 0 Å². The fourth-order valence-electron chi connectivity index (χ4n) is 8.47. The summed E-state index contributed by atoms with van der Waals surface area (Å²) in [5.74, 6) is -0.361. The van der Waals surface area contributed by atoms with E-state index in [0.717, 1.165) is 44.5 Å². The van der Waals surface area contributed by atoms with Gasteiger partial charge in [0.1, 0.15) is 12.2 Å². The number of rotatable bonds is 8. The fraction of sp³-hybridized carbons (Fsp3) is 0.513. The minimum atomic E-state index is -0.863. The van der Waals surface area contributed by atoms with Crippen molar-refractivity contribution in [2.45, 2.75) is 90.5 Å². The standard InChI is InChI=1S/C39H50N4O7/c1-23-9-11-25(3)29(21-23)31-33(38(40-35(31)44)13-17-42(47-7)18-14-38)27(5)49-37(46)50-28(6)34-32(30-22-24(2)10-12-26(30)4)36(45)41-39(34)15-19-43(48-8)20-16-39/h9-12,21-22,27-28H,13-20H2,1-8H3,(H,40,44)(H,41,45). The van der Waals surface area contributed by atoms with Gasteiger partial charge in [-0.15, -0.1) is 0 Å². The molecule has 4 heterocycles. The second-order valence-corrected chi connectivity index (χ2v) is 14.3. The average Bonchev–Trinajstić information content (AvgIpc) is 3.53. The molecular formula is C39H50N4O7. The Morgan fingerprint density at radius 1 is 0.660 bits per heavy atom. The van der Waals surface area contributed by atoms with Crippen LogP contribution < -0.4 is 10.6 Å². The number of hydrogen-bond acceptors (Lipinski definition) is 9. The second-order valence-electron chi connectivity index (χ2n) is 14.3. The predicted octanol–water partition coefficient (Wildman–Crippen LogP) is 5.11. The number of carbonyl (C=O) groups is 3. The Bertz CT molecular complexity index is 1620. The van der Waals surface area contributed by atoms with Crippen LogP contribution in [0.2, 0.25) is 0 Å². The SMILES string of the molecule is CON1CCC2(CC1)NC(=O)C(c1cc(C)ccc1C)=C2C(C)OC(=O)OC(C)C1=C(c2cc(C)ccc2C)C(=O)NC12CCN(OC)CC2. The van der Waals surface area contributed by atoms with Gasteiger partial charge in [0, 0.05) is 37.3 Å². The minimum absolute atomic E-state index is 0.181. The molecule has 0 aliphatic carbocycles. The third kappa shape index (κ3) is 6.48. The highest BCUT2D eigenvalue weighted by molar-refractivity contribution is 6.25. The number of carbonyl (C=O) groups excluding carboxylic acids is 3. The van der Waals surface area contributed by atoms with Crippen LogP contribution in [0.15, 0.2) is 47.5 Å². The Morgan fingerprint density at radius 3 is 1.36 bits per heavy atom. The lowest BCUT2D eigenvalue weighted by Crippen LogP contribution is -2.54.